The molecule has 0 heterocycles. The van der Waals surface area contributed by atoms with E-state index in [1.807, 2.05) is 78.8 Å². The second-order valence-electron chi connectivity index (χ2n) is 20.2. The van der Waals surface area contributed by atoms with Gasteiger partial charge in [-0.25, -0.2) is 4.79 Å². The summed E-state index contributed by atoms with van der Waals surface area (Å²) in [5.41, 5.74) is 23.8. The molecule has 9 unspecified atom stereocenters. The van der Waals surface area contributed by atoms with Gasteiger partial charge in [-0.05, 0) is 99.5 Å². The van der Waals surface area contributed by atoms with Gasteiger partial charge < -0.3 is 65.3 Å². The average molecular weight is 1000 g/mol. The molecule has 402 valence electrons. The lowest BCUT2D eigenvalue weighted by molar-refractivity contribution is -0.143. The predicted molar refractivity (Wildman–Crippen MR) is 275 cm³/mol. The molecule has 1 aromatic rings. The first-order valence-corrected chi connectivity index (χ1v) is 25.2. The van der Waals surface area contributed by atoms with Crippen molar-refractivity contribution >= 4 is 53.3 Å². The number of hydrogen-bond donors (Lipinski definition) is 12. The van der Waals surface area contributed by atoms with Crippen molar-refractivity contribution in [2.24, 2.45) is 57.5 Å². The van der Waals surface area contributed by atoms with Gasteiger partial charge in [-0.3, -0.25) is 38.6 Å². The lowest BCUT2D eigenvalue weighted by Crippen LogP contribution is -2.61. The molecule has 0 spiro atoms. The summed E-state index contributed by atoms with van der Waals surface area (Å²) in [6.07, 6.45) is 2.79. The van der Waals surface area contributed by atoms with Crippen molar-refractivity contribution in [2.45, 2.75) is 182 Å². The Morgan fingerprint density at radius 3 is 1.37 bits per heavy atom. The van der Waals surface area contributed by atoms with Crippen LogP contribution in [0.1, 0.15) is 133 Å². The lowest BCUT2D eigenvalue weighted by Gasteiger charge is -2.30. The molecule has 21 heteroatoms. The van der Waals surface area contributed by atoms with Crippen molar-refractivity contribution in [3.8, 4) is 0 Å². The molecule has 7 amide bonds. The smallest absolute Gasteiger partial charge is 0.326 e. The van der Waals surface area contributed by atoms with E-state index in [1.54, 1.807) is 20.8 Å². The number of carboxylic acid groups (broad SMARTS) is 1. The van der Waals surface area contributed by atoms with Crippen LogP contribution in [0.15, 0.2) is 35.3 Å². The second kappa shape index (κ2) is 32.9. The number of carboxylic acids is 1. The van der Waals surface area contributed by atoms with Crippen LogP contribution < -0.4 is 60.2 Å². The van der Waals surface area contributed by atoms with Crippen LogP contribution in [-0.2, 0) is 44.8 Å². The number of nitrogens with one attached hydrogen (secondary N) is 7. The molecule has 0 aromatic heterocycles. The monoisotopic (exact) mass is 1000 g/mol. The number of aliphatic carboxylic acids is 1. The van der Waals surface area contributed by atoms with Crippen molar-refractivity contribution in [3.05, 3.63) is 35.9 Å². The van der Waals surface area contributed by atoms with Crippen molar-refractivity contribution < 1.29 is 43.5 Å². The highest BCUT2D eigenvalue weighted by Gasteiger charge is 2.36. The topological polar surface area (TPSA) is 357 Å². The summed E-state index contributed by atoms with van der Waals surface area (Å²) in [7, 11) is 0. The second-order valence-corrected chi connectivity index (χ2v) is 20.2. The largest absolute Gasteiger partial charge is 0.480 e. The Bertz CT molecular complexity index is 1880. The number of carbonyl (C=O) groups excluding carboxylic acids is 7. The molecule has 1 rings (SSSR count). The minimum atomic E-state index is -1.25. The summed E-state index contributed by atoms with van der Waals surface area (Å²) >= 11 is 0. The van der Waals surface area contributed by atoms with Crippen molar-refractivity contribution in [3.63, 3.8) is 0 Å². The minimum absolute atomic E-state index is 0.0352. The van der Waals surface area contributed by atoms with E-state index in [4.69, 9.17) is 22.9 Å². The lowest BCUT2D eigenvalue weighted by atomic mass is 9.95. The molecule has 0 fully saturated rings. The SMILES string of the molecule is CCC(C)C(NC(=O)C(CCCCN)NC(=O)C(N)Cc1ccccc1)C(=O)NC(CC(C)C)C(=O)NC(CC(C)C)C(=O)NC(CC(C)C)C(=O)NC(CCCN=C(N)N)C(=O)NC(C(=O)O)C(C)C. The van der Waals surface area contributed by atoms with Crippen molar-refractivity contribution in [1.82, 2.24) is 37.2 Å². The molecule has 16 N–H and O–H groups in total. The van der Waals surface area contributed by atoms with E-state index in [2.05, 4.69) is 42.2 Å². The van der Waals surface area contributed by atoms with E-state index in [1.165, 1.54) is 0 Å². The molecule has 1 aromatic carbocycles. The third-order valence-electron chi connectivity index (χ3n) is 11.8. The number of nitrogens with zero attached hydrogens (tertiary/aromatic N) is 1. The molecule has 0 radical (unpaired) electrons. The van der Waals surface area contributed by atoms with Gasteiger partial charge in [0.2, 0.25) is 41.4 Å². The normalized spacial score (nSPS) is 15.2. The maximum atomic E-state index is 14.3. The van der Waals surface area contributed by atoms with Crippen LogP contribution >= 0.6 is 0 Å². The van der Waals surface area contributed by atoms with Gasteiger partial charge in [0.15, 0.2) is 5.96 Å². The Kier molecular flexibility index (Phi) is 29.3. The molecular weight excluding hydrogens is 913 g/mol. The fraction of sp³-hybridized carbons (Fsp3) is 0.700. The van der Waals surface area contributed by atoms with Gasteiger partial charge in [-0.1, -0.05) is 106 Å². The van der Waals surface area contributed by atoms with Crippen LogP contribution in [0, 0.1) is 29.6 Å². The molecule has 0 aliphatic heterocycles. The van der Waals surface area contributed by atoms with Gasteiger partial charge in [-0.15, -0.1) is 0 Å². The summed E-state index contributed by atoms with van der Waals surface area (Å²) in [6.45, 7) is 18.5. The Labute approximate surface area is 421 Å². The summed E-state index contributed by atoms with van der Waals surface area (Å²) < 4.78 is 0. The number of nitrogens with two attached hydrogens (primary N) is 4. The molecule has 0 saturated carbocycles. The quantitative estimate of drug-likeness (QED) is 0.0261. The van der Waals surface area contributed by atoms with Crippen LogP contribution in [0.2, 0.25) is 0 Å². The summed E-state index contributed by atoms with van der Waals surface area (Å²) in [5.74, 6) is -7.24. The zero-order valence-electron chi connectivity index (χ0n) is 43.8. The van der Waals surface area contributed by atoms with Crippen molar-refractivity contribution in [1.29, 1.82) is 0 Å². The molecular formula is C50H88N12O9. The van der Waals surface area contributed by atoms with E-state index < -0.39 is 107 Å². The van der Waals surface area contributed by atoms with Crippen LogP contribution in [0.25, 0.3) is 0 Å². The van der Waals surface area contributed by atoms with Gasteiger partial charge in [0, 0.05) is 6.54 Å². The Hall–Kier alpha value is -5.83. The minimum Gasteiger partial charge on any atom is -0.480 e. The van der Waals surface area contributed by atoms with E-state index in [0.29, 0.717) is 25.8 Å². The summed E-state index contributed by atoms with van der Waals surface area (Å²) in [5, 5.41) is 29.0. The Balaban J connectivity index is 3.43. The molecule has 0 aliphatic carbocycles. The van der Waals surface area contributed by atoms with Gasteiger partial charge in [-0.2, -0.15) is 0 Å². The standard InChI is InChI=1S/C50H88N12O9/c1-11-32(10)41(62-44(65)35(20-15-16-22-51)56-42(63)34(52)27-33-18-13-12-14-19-33)48(69)60-39(26-30(6)7)47(68)59-38(25-29(4)5)46(67)58-37(24-28(2)3)45(66)57-36(21-17-23-55-50(53)54)43(64)61-40(31(8)9)49(70)71/h12-14,18-19,28-32,34-41H,11,15-17,20-27,51-52H2,1-10H3,(H,56,63)(H,57,66)(H,58,67)(H,59,68)(H,60,69)(H,61,64)(H,62,65)(H,70,71)(H4,53,54,55). The van der Waals surface area contributed by atoms with Gasteiger partial charge in [0.1, 0.15) is 42.3 Å². The number of hydrogen-bond acceptors (Lipinski definition) is 11. The molecule has 0 saturated heterocycles. The Morgan fingerprint density at radius 2 is 0.958 bits per heavy atom. The first-order chi connectivity index (χ1) is 33.3. The molecule has 9 atom stereocenters. The van der Waals surface area contributed by atoms with Gasteiger partial charge in [0.05, 0.1) is 6.04 Å². The third kappa shape index (κ3) is 24.7. The van der Waals surface area contributed by atoms with Crippen molar-refractivity contribution in [2.75, 3.05) is 13.1 Å². The fourth-order valence-electron chi connectivity index (χ4n) is 7.68. The number of carbonyl (C=O) groups is 8. The number of amides is 7. The molecule has 0 bridgehead atoms. The zero-order chi connectivity index (χ0) is 54.0. The summed E-state index contributed by atoms with van der Waals surface area (Å²) in [6, 6.07) is 0.166. The van der Waals surface area contributed by atoms with E-state index in [-0.39, 0.29) is 75.2 Å². The molecule has 71 heavy (non-hydrogen) atoms. The Morgan fingerprint density at radius 1 is 0.549 bits per heavy atom. The number of benzene rings is 1. The number of aliphatic imine (C=N–C) groups is 1. The number of rotatable bonds is 34. The van der Waals surface area contributed by atoms with Gasteiger partial charge >= 0.3 is 5.97 Å². The van der Waals surface area contributed by atoms with Crippen LogP contribution in [-0.4, -0.2) is 120 Å². The maximum Gasteiger partial charge on any atom is 0.326 e. The van der Waals surface area contributed by atoms with Crippen LogP contribution in [0.5, 0.6) is 0 Å². The number of guanidine groups is 1. The molecule has 0 aliphatic rings. The highest BCUT2D eigenvalue weighted by molar-refractivity contribution is 5.97. The first-order valence-electron chi connectivity index (χ1n) is 25.2. The van der Waals surface area contributed by atoms with Gasteiger partial charge in [0.25, 0.3) is 0 Å². The average Bonchev–Trinajstić information content (AvgIpc) is 3.28. The van der Waals surface area contributed by atoms with E-state index in [9.17, 15) is 43.5 Å². The zero-order valence-corrected chi connectivity index (χ0v) is 43.8. The van der Waals surface area contributed by atoms with Crippen LogP contribution in [0.3, 0.4) is 0 Å². The number of unbranched alkanes of at least 4 members (excludes halogenated alkanes) is 1. The first kappa shape index (κ1) is 63.2. The summed E-state index contributed by atoms with van der Waals surface area (Å²) in [4.78, 5) is 113. The highest BCUT2D eigenvalue weighted by Crippen LogP contribution is 2.15. The highest BCUT2D eigenvalue weighted by atomic mass is 16.4. The predicted octanol–water partition coefficient (Wildman–Crippen LogP) is 1.06. The molecule has 21 nitrogen and oxygen atoms in total. The third-order valence-corrected chi connectivity index (χ3v) is 11.8. The van der Waals surface area contributed by atoms with E-state index in [0.717, 1.165) is 5.56 Å². The maximum absolute atomic E-state index is 14.3. The van der Waals surface area contributed by atoms with Crippen LogP contribution in [0.4, 0.5) is 0 Å². The fourth-order valence-corrected chi connectivity index (χ4v) is 7.68. The van der Waals surface area contributed by atoms with E-state index >= 15 is 0 Å².